The second kappa shape index (κ2) is 4.97. The maximum absolute atomic E-state index is 6.30. The smallest absolute Gasteiger partial charge is 0.131 e. The van der Waals surface area contributed by atoms with Crippen molar-refractivity contribution in [2.75, 3.05) is 0 Å². The molecule has 0 N–H and O–H groups in total. The Bertz CT molecular complexity index is 367. The molecule has 2 rings (SSSR count). The van der Waals surface area contributed by atoms with Crippen LogP contribution in [-0.4, -0.2) is 9.78 Å². The summed E-state index contributed by atoms with van der Waals surface area (Å²) in [7, 11) is 0. The van der Waals surface area contributed by atoms with E-state index in [1.54, 1.807) is 0 Å². The van der Waals surface area contributed by atoms with Crippen molar-refractivity contribution >= 4 is 23.2 Å². The average Bonchev–Trinajstić information content (AvgIpc) is 3.01. The molecule has 0 atom stereocenters. The standard InChI is InChI=1S/C12H18Cl2N2/c1-8(2)5-6-16-12(14)10(7-13)11(15-16)9-3-4-9/h8-9H,3-7H2,1-2H3. The monoisotopic (exact) mass is 260 g/mol. The van der Waals surface area contributed by atoms with E-state index in [0.29, 0.717) is 17.7 Å². The van der Waals surface area contributed by atoms with E-state index in [1.165, 1.54) is 12.8 Å². The van der Waals surface area contributed by atoms with E-state index in [2.05, 4.69) is 18.9 Å². The molecule has 0 aromatic carbocycles. The molecule has 1 aliphatic rings. The molecule has 4 heteroatoms. The maximum atomic E-state index is 6.30. The van der Waals surface area contributed by atoms with Gasteiger partial charge in [0.25, 0.3) is 0 Å². The predicted octanol–water partition coefficient (Wildman–Crippen LogP) is 4.20. The van der Waals surface area contributed by atoms with Crippen molar-refractivity contribution in [1.82, 2.24) is 9.78 Å². The van der Waals surface area contributed by atoms with Crippen LogP contribution in [0.1, 0.15) is 50.3 Å². The molecular formula is C12H18Cl2N2. The van der Waals surface area contributed by atoms with Gasteiger partial charge in [-0.05, 0) is 25.2 Å². The number of aromatic nitrogens is 2. The predicted molar refractivity (Wildman–Crippen MR) is 68.2 cm³/mol. The number of alkyl halides is 1. The first kappa shape index (κ1) is 12.3. The highest BCUT2D eigenvalue weighted by Gasteiger charge is 2.30. The number of nitrogens with zero attached hydrogens (tertiary/aromatic N) is 2. The van der Waals surface area contributed by atoms with E-state index in [9.17, 15) is 0 Å². The molecule has 0 aliphatic heterocycles. The molecule has 1 aromatic heterocycles. The van der Waals surface area contributed by atoms with Gasteiger partial charge in [-0.2, -0.15) is 5.10 Å². The number of hydrogen-bond donors (Lipinski definition) is 0. The highest BCUT2D eigenvalue weighted by molar-refractivity contribution is 6.31. The first-order chi connectivity index (χ1) is 7.63. The van der Waals surface area contributed by atoms with Crippen molar-refractivity contribution in [1.29, 1.82) is 0 Å². The van der Waals surface area contributed by atoms with Crippen molar-refractivity contribution in [3.05, 3.63) is 16.4 Å². The lowest BCUT2D eigenvalue weighted by Gasteiger charge is -2.05. The van der Waals surface area contributed by atoms with E-state index in [0.717, 1.165) is 29.4 Å². The van der Waals surface area contributed by atoms with Crippen LogP contribution in [0.5, 0.6) is 0 Å². The Kier molecular flexibility index (Phi) is 3.81. The van der Waals surface area contributed by atoms with Gasteiger partial charge in [0.2, 0.25) is 0 Å². The number of halogens is 2. The van der Waals surface area contributed by atoms with E-state index in [-0.39, 0.29) is 0 Å². The zero-order chi connectivity index (χ0) is 11.7. The molecule has 0 radical (unpaired) electrons. The molecule has 0 spiro atoms. The Labute approximate surface area is 107 Å². The Hall–Kier alpha value is -0.210. The molecule has 90 valence electrons. The quantitative estimate of drug-likeness (QED) is 0.726. The summed E-state index contributed by atoms with van der Waals surface area (Å²) in [6, 6.07) is 0. The van der Waals surface area contributed by atoms with Gasteiger partial charge in [-0.25, -0.2) is 0 Å². The van der Waals surface area contributed by atoms with Crippen molar-refractivity contribution in [2.45, 2.75) is 51.5 Å². The van der Waals surface area contributed by atoms with E-state index >= 15 is 0 Å². The van der Waals surface area contributed by atoms with Crippen molar-refractivity contribution in [2.24, 2.45) is 5.92 Å². The van der Waals surface area contributed by atoms with Crippen molar-refractivity contribution in [3.63, 3.8) is 0 Å². The van der Waals surface area contributed by atoms with Crippen LogP contribution >= 0.6 is 23.2 Å². The molecule has 16 heavy (non-hydrogen) atoms. The van der Waals surface area contributed by atoms with Crippen molar-refractivity contribution < 1.29 is 0 Å². The summed E-state index contributed by atoms with van der Waals surface area (Å²) in [6.45, 7) is 5.32. The normalized spacial score (nSPS) is 16.1. The molecular weight excluding hydrogens is 243 g/mol. The number of aryl methyl sites for hydroxylation is 1. The van der Waals surface area contributed by atoms with Gasteiger partial charge < -0.3 is 0 Å². The van der Waals surface area contributed by atoms with Crippen LogP contribution in [0.2, 0.25) is 5.15 Å². The van der Waals surface area contributed by atoms with Crippen molar-refractivity contribution in [3.8, 4) is 0 Å². The Morgan fingerprint density at radius 3 is 2.62 bits per heavy atom. The highest BCUT2D eigenvalue weighted by Crippen LogP contribution is 2.43. The maximum Gasteiger partial charge on any atom is 0.131 e. The fourth-order valence-electron chi connectivity index (χ4n) is 1.83. The summed E-state index contributed by atoms with van der Waals surface area (Å²) >= 11 is 12.2. The first-order valence-electron chi connectivity index (χ1n) is 5.94. The SMILES string of the molecule is CC(C)CCn1nc(C2CC2)c(CCl)c1Cl. The fraction of sp³-hybridized carbons (Fsp3) is 0.750. The fourth-order valence-corrected chi connectivity index (χ4v) is 2.45. The van der Waals surface area contributed by atoms with Gasteiger partial charge in [0.05, 0.1) is 11.6 Å². The third-order valence-corrected chi connectivity index (χ3v) is 3.72. The molecule has 0 bridgehead atoms. The Morgan fingerprint density at radius 2 is 2.12 bits per heavy atom. The second-order valence-electron chi connectivity index (χ2n) is 4.97. The molecule has 0 unspecified atom stereocenters. The van der Waals surface area contributed by atoms with E-state index in [4.69, 9.17) is 23.2 Å². The number of hydrogen-bond acceptors (Lipinski definition) is 1. The van der Waals surface area contributed by atoms with Crippen LogP contribution in [0.3, 0.4) is 0 Å². The molecule has 2 nitrogen and oxygen atoms in total. The van der Waals surface area contributed by atoms with Crippen LogP contribution in [0.15, 0.2) is 0 Å². The zero-order valence-electron chi connectivity index (χ0n) is 9.84. The van der Waals surface area contributed by atoms with Gasteiger partial charge in [-0.3, -0.25) is 4.68 Å². The van der Waals surface area contributed by atoms with E-state index < -0.39 is 0 Å². The van der Waals surface area contributed by atoms with Crippen LogP contribution in [0, 0.1) is 5.92 Å². The van der Waals surface area contributed by atoms with Crippen LogP contribution < -0.4 is 0 Å². The summed E-state index contributed by atoms with van der Waals surface area (Å²) in [4.78, 5) is 0. The zero-order valence-corrected chi connectivity index (χ0v) is 11.4. The molecule has 1 saturated carbocycles. The summed E-state index contributed by atoms with van der Waals surface area (Å²) in [5, 5.41) is 5.36. The number of rotatable bonds is 5. The highest BCUT2D eigenvalue weighted by atomic mass is 35.5. The summed E-state index contributed by atoms with van der Waals surface area (Å²) in [6.07, 6.45) is 3.58. The van der Waals surface area contributed by atoms with Gasteiger partial charge in [-0.1, -0.05) is 25.4 Å². The van der Waals surface area contributed by atoms with Gasteiger partial charge >= 0.3 is 0 Å². The average molecular weight is 261 g/mol. The largest absolute Gasteiger partial charge is 0.253 e. The lowest BCUT2D eigenvalue weighted by atomic mass is 10.1. The Balaban J connectivity index is 2.18. The molecule has 1 fully saturated rings. The lowest BCUT2D eigenvalue weighted by Crippen LogP contribution is -2.03. The van der Waals surface area contributed by atoms with Gasteiger partial charge in [0.15, 0.2) is 0 Å². The van der Waals surface area contributed by atoms with Gasteiger partial charge in [-0.15, -0.1) is 11.6 Å². The summed E-state index contributed by atoms with van der Waals surface area (Å²) in [5.41, 5.74) is 2.19. The molecule has 0 saturated heterocycles. The third-order valence-electron chi connectivity index (χ3n) is 3.03. The topological polar surface area (TPSA) is 17.8 Å². The first-order valence-corrected chi connectivity index (χ1v) is 6.85. The van der Waals surface area contributed by atoms with Gasteiger partial charge in [0.1, 0.15) is 5.15 Å². The summed E-state index contributed by atoms with van der Waals surface area (Å²) < 4.78 is 1.92. The molecule has 1 aromatic rings. The molecule has 1 aliphatic carbocycles. The van der Waals surface area contributed by atoms with E-state index in [1.807, 2.05) is 4.68 Å². The minimum Gasteiger partial charge on any atom is -0.253 e. The van der Waals surface area contributed by atoms with Crippen LogP contribution in [-0.2, 0) is 12.4 Å². The molecule has 0 amide bonds. The minimum atomic E-state index is 0.479. The summed E-state index contributed by atoms with van der Waals surface area (Å²) in [5.74, 6) is 1.77. The van der Waals surface area contributed by atoms with Crippen LogP contribution in [0.4, 0.5) is 0 Å². The minimum absolute atomic E-state index is 0.479. The Morgan fingerprint density at radius 1 is 1.44 bits per heavy atom. The van der Waals surface area contributed by atoms with Gasteiger partial charge in [0, 0.05) is 18.0 Å². The van der Waals surface area contributed by atoms with Crippen LogP contribution in [0.25, 0.3) is 0 Å². The lowest BCUT2D eigenvalue weighted by molar-refractivity contribution is 0.485. The molecule has 1 heterocycles. The third kappa shape index (κ3) is 2.54. The second-order valence-corrected chi connectivity index (χ2v) is 5.59.